The third kappa shape index (κ3) is 2.76. The lowest BCUT2D eigenvalue weighted by Gasteiger charge is -2.29. The highest BCUT2D eigenvalue weighted by Crippen LogP contribution is 2.39. The fourth-order valence-electron chi connectivity index (χ4n) is 3.10. The monoisotopic (exact) mass is 250 g/mol. The summed E-state index contributed by atoms with van der Waals surface area (Å²) in [6.45, 7) is 0. The van der Waals surface area contributed by atoms with E-state index in [1.54, 1.807) is 0 Å². The summed E-state index contributed by atoms with van der Waals surface area (Å²) in [7, 11) is 0. The van der Waals surface area contributed by atoms with Gasteiger partial charge in [0.1, 0.15) is 5.78 Å². The maximum absolute atomic E-state index is 12.0. The molecule has 2 aromatic carbocycles. The van der Waals surface area contributed by atoms with E-state index in [2.05, 4.69) is 48.5 Å². The molecule has 1 aliphatic rings. The molecular weight excluding hydrogens is 232 g/mol. The lowest BCUT2D eigenvalue weighted by atomic mass is 9.75. The number of hydrogen-bond donors (Lipinski definition) is 0. The zero-order valence-corrected chi connectivity index (χ0v) is 11.0. The maximum Gasteiger partial charge on any atom is 0.134 e. The molecule has 1 aliphatic carbocycles. The highest BCUT2D eigenvalue weighted by Gasteiger charge is 2.28. The van der Waals surface area contributed by atoms with Gasteiger partial charge in [0.05, 0.1) is 0 Å². The van der Waals surface area contributed by atoms with Crippen molar-refractivity contribution in [2.75, 3.05) is 0 Å². The van der Waals surface area contributed by atoms with E-state index >= 15 is 0 Å². The largest absolute Gasteiger partial charge is 0.300 e. The molecule has 2 atom stereocenters. The predicted octanol–water partition coefficient (Wildman–Crippen LogP) is 4.31. The number of ketones is 1. The third-order valence-electron chi connectivity index (χ3n) is 4.06. The molecule has 3 rings (SSSR count). The Kier molecular flexibility index (Phi) is 3.45. The summed E-state index contributed by atoms with van der Waals surface area (Å²) in [6, 6.07) is 20.9. The van der Waals surface area contributed by atoms with Crippen LogP contribution >= 0.6 is 0 Å². The van der Waals surface area contributed by atoms with E-state index < -0.39 is 0 Å². The van der Waals surface area contributed by atoms with Crippen LogP contribution in [0.3, 0.4) is 0 Å². The highest BCUT2D eigenvalue weighted by atomic mass is 16.1. The van der Waals surface area contributed by atoms with Crippen LogP contribution in [-0.4, -0.2) is 5.78 Å². The summed E-state index contributed by atoms with van der Waals surface area (Å²) in [6.07, 6.45) is 2.49. The van der Waals surface area contributed by atoms with Gasteiger partial charge in [0, 0.05) is 12.8 Å². The smallest absolute Gasteiger partial charge is 0.134 e. The van der Waals surface area contributed by atoms with Crippen LogP contribution in [0.1, 0.15) is 42.2 Å². The fraction of sp³-hybridized carbons (Fsp3) is 0.278. The van der Waals surface area contributed by atoms with Gasteiger partial charge in [-0.3, -0.25) is 4.79 Å². The van der Waals surface area contributed by atoms with Crippen LogP contribution in [-0.2, 0) is 4.79 Å². The molecule has 0 radical (unpaired) electrons. The van der Waals surface area contributed by atoms with Crippen molar-refractivity contribution < 1.29 is 4.79 Å². The summed E-state index contributed by atoms with van der Waals surface area (Å²) in [5.41, 5.74) is 2.60. The first-order chi connectivity index (χ1) is 9.33. The van der Waals surface area contributed by atoms with E-state index in [-0.39, 0.29) is 0 Å². The van der Waals surface area contributed by atoms with Crippen molar-refractivity contribution in [1.82, 2.24) is 0 Å². The SMILES string of the molecule is O=C1CC(c2ccccc2)CC(c2ccccc2)C1. The minimum atomic E-state index is 0.382. The van der Waals surface area contributed by atoms with Gasteiger partial charge in [-0.2, -0.15) is 0 Å². The van der Waals surface area contributed by atoms with E-state index in [0.717, 1.165) is 6.42 Å². The van der Waals surface area contributed by atoms with Crippen molar-refractivity contribution in [2.45, 2.75) is 31.1 Å². The van der Waals surface area contributed by atoms with Crippen LogP contribution in [0.2, 0.25) is 0 Å². The van der Waals surface area contributed by atoms with Crippen LogP contribution in [0.15, 0.2) is 60.7 Å². The molecule has 1 saturated carbocycles. The van der Waals surface area contributed by atoms with Gasteiger partial charge in [-0.25, -0.2) is 0 Å². The standard InChI is InChI=1S/C18H18O/c19-18-12-16(14-7-3-1-4-8-14)11-17(13-18)15-9-5-2-6-10-15/h1-10,16-17H,11-13H2. The molecule has 19 heavy (non-hydrogen) atoms. The third-order valence-corrected chi connectivity index (χ3v) is 4.06. The Bertz CT molecular complexity index is 495. The van der Waals surface area contributed by atoms with Crippen molar-refractivity contribution in [1.29, 1.82) is 0 Å². The average molecular weight is 250 g/mol. The molecule has 0 heterocycles. The summed E-state index contributed by atoms with van der Waals surface area (Å²) < 4.78 is 0. The van der Waals surface area contributed by atoms with Crippen molar-refractivity contribution in [3.8, 4) is 0 Å². The second kappa shape index (κ2) is 5.40. The number of Topliss-reactive ketones (excluding diaryl/α,β-unsaturated/α-hetero) is 1. The minimum absolute atomic E-state index is 0.382. The Hall–Kier alpha value is -1.89. The highest BCUT2D eigenvalue weighted by molar-refractivity contribution is 5.81. The van der Waals surface area contributed by atoms with Crippen LogP contribution in [0.5, 0.6) is 0 Å². The zero-order chi connectivity index (χ0) is 13.1. The minimum Gasteiger partial charge on any atom is -0.300 e. The second-order valence-electron chi connectivity index (χ2n) is 5.40. The molecule has 1 fully saturated rings. The zero-order valence-electron chi connectivity index (χ0n) is 11.0. The Morgan fingerprint density at radius 1 is 0.684 bits per heavy atom. The molecule has 0 aliphatic heterocycles. The maximum atomic E-state index is 12.0. The molecule has 0 bridgehead atoms. The number of hydrogen-bond acceptors (Lipinski definition) is 1. The molecule has 1 heteroatoms. The fourth-order valence-corrected chi connectivity index (χ4v) is 3.10. The molecule has 0 N–H and O–H groups in total. The van der Waals surface area contributed by atoms with Crippen molar-refractivity contribution in [3.63, 3.8) is 0 Å². The van der Waals surface area contributed by atoms with Gasteiger partial charge in [-0.05, 0) is 29.4 Å². The normalized spacial score (nSPS) is 23.3. The average Bonchev–Trinajstić information content (AvgIpc) is 2.48. The van der Waals surface area contributed by atoms with E-state index in [1.807, 2.05) is 12.1 Å². The summed E-state index contributed by atoms with van der Waals surface area (Å²) in [5.74, 6) is 1.16. The van der Waals surface area contributed by atoms with Crippen LogP contribution < -0.4 is 0 Å². The lowest BCUT2D eigenvalue weighted by molar-refractivity contribution is -0.121. The van der Waals surface area contributed by atoms with Crippen molar-refractivity contribution in [3.05, 3.63) is 71.8 Å². The quantitative estimate of drug-likeness (QED) is 0.776. The van der Waals surface area contributed by atoms with Gasteiger partial charge in [0.25, 0.3) is 0 Å². The Morgan fingerprint density at radius 3 is 1.53 bits per heavy atom. The summed E-state index contributed by atoms with van der Waals surface area (Å²) >= 11 is 0. The van der Waals surface area contributed by atoms with Gasteiger partial charge < -0.3 is 0 Å². The Balaban J connectivity index is 1.84. The predicted molar refractivity (Wildman–Crippen MR) is 77.2 cm³/mol. The molecule has 0 saturated heterocycles. The molecular formula is C18H18O. The van der Waals surface area contributed by atoms with Crippen LogP contribution in [0.25, 0.3) is 0 Å². The molecule has 2 unspecified atom stereocenters. The molecule has 0 aromatic heterocycles. The summed E-state index contributed by atoms with van der Waals surface area (Å²) in [5, 5.41) is 0. The van der Waals surface area contributed by atoms with E-state index in [4.69, 9.17) is 0 Å². The van der Waals surface area contributed by atoms with Gasteiger partial charge >= 0.3 is 0 Å². The number of carbonyl (C=O) groups is 1. The lowest BCUT2D eigenvalue weighted by Crippen LogP contribution is -2.20. The molecule has 0 spiro atoms. The van der Waals surface area contributed by atoms with Crippen LogP contribution in [0.4, 0.5) is 0 Å². The van der Waals surface area contributed by atoms with E-state index in [1.165, 1.54) is 11.1 Å². The number of carbonyl (C=O) groups excluding carboxylic acids is 1. The van der Waals surface area contributed by atoms with Gasteiger partial charge in [0.2, 0.25) is 0 Å². The van der Waals surface area contributed by atoms with Crippen molar-refractivity contribution in [2.24, 2.45) is 0 Å². The molecule has 1 nitrogen and oxygen atoms in total. The molecule has 2 aromatic rings. The van der Waals surface area contributed by atoms with E-state index in [9.17, 15) is 4.79 Å². The molecule has 96 valence electrons. The summed E-state index contributed by atoms with van der Waals surface area (Å²) in [4.78, 5) is 12.0. The van der Waals surface area contributed by atoms with Gasteiger partial charge in [-0.1, -0.05) is 60.7 Å². The topological polar surface area (TPSA) is 17.1 Å². The first-order valence-corrected chi connectivity index (χ1v) is 6.94. The van der Waals surface area contributed by atoms with Crippen molar-refractivity contribution >= 4 is 5.78 Å². The van der Waals surface area contributed by atoms with Gasteiger partial charge in [0.15, 0.2) is 0 Å². The Morgan fingerprint density at radius 2 is 1.11 bits per heavy atom. The number of rotatable bonds is 2. The second-order valence-corrected chi connectivity index (χ2v) is 5.40. The van der Waals surface area contributed by atoms with Gasteiger partial charge in [-0.15, -0.1) is 0 Å². The molecule has 0 amide bonds. The first kappa shape index (κ1) is 12.2. The Labute approximate surface area is 114 Å². The number of benzene rings is 2. The van der Waals surface area contributed by atoms with E-state index in [0.29, 0.717) is 30.5 Å². The first-order valence-electron chi connectivity index (χ1n) is 6.94. The van der Waals surface area contributed by atoms with Crippen LogP contribution in [0, 0.1) is 0 Å².